The largest absolute Gasteiger partial charge is 0.480 e. The van der Waals surface area contributed by atoms with E-state index in [1.54, 1.807) is 25.6 Å². The Balaban J connectivity index is 1.45. The normalized spacial score (nSPS) is 20.6. The standard InChI is InChI=1S/C21H22FN7O2/c1-11(30)28-21(2)6-13(7-21)25-20-26-18-17(19(27-20)31-3)14(8-24-18)12-4-5-16-23-9-15(22)29(16)10-12/h4-5,8-10,13H,6-7H2,1-3H3,(H,28,30)(H2,24,25,26,27). The van der Waals surface area contributed by atoms with Crippen molar-refractivity contribution in [2.24, 2.45) is 0 Å². The fourth-order valence-electron chi connectivity index (χ4n) is 4.39. The molecule has 0 aliphatic heterocycles. The van der Waals surface area contributed by atoms with Gasteiger partial charge in [-0.2, -0.15) is 14.4 Å². The summed E-state index contributed by atoms with van der Waals surface area (Å²) in [5.41, 5.74) is 2.51. The zero-order chi connectivity index (χ0) is 21.8. The molecular formula is C21H22FN7O2. The maximum atomic E-state index is 14.0. The van der Waals surface area contributed by atoms with Gasteiger partial charge in [-0.1, -0.05) is 0 Å². The van der Waals surface area contributed by atoms with Crippen LogP contribution in [0.1, 0.15) is 26.7 Å². The van der Waals surface area contributed by atoms with Gasteiger partial charge in [-0.15, -0.1) is 0 Å². The molecule has 1 amide bonds. The second-order valence-electron chi connectivity index (χ2n) is 8.20. The molecule has 4 heterocycles. The third-order valence-corrected chi connectivity index (χ3v) is 5.67. The molecule has 1 aliphatic carbocycles. The number of pyridine rings is 1. The number of aromatic amines is 1. The van der Waals surface area contributed by atoms with E-state index in [9.17, 15) is 9.18 Å². The second-order valence-corrected chi connectivity index (χ2v) is 8.20. The molecule has 31 heavy (non-hydrogen) atoms. The molecule has 10 heteroatoms. The van der Waals surface area contributed by atoms with Crippen molar-refractivity contribution in [3.8, 4) is 17.0 Å². The molecule has 1 saturated carbocycles. The zero-order valence-corrected chi connectivity index (χ0v) is 17.4. The smallest absolute Gasteiger partial charge is 0.228 e. The van der Waals surface area contributed by atoms with E-state index in [1.165, 1.54) is 17.5 Å². The highest BCUT2D eigenvalue weighted by Crippen LogP contribution is 2.37. The summed E-state index contributed by atoms with van der Waals surface area (Å²) in [5, 5.41) is 7.00. The van der Waals surface area contributed by atoms with E-state index >= 15 is 0 Å². The highest BCUT2D eigenvalue weighted by atomic mass is 19.1. The number of ether oxygens (including phenoxy) is 1. The third-order valence-electron chi connectivity index (χ3n) is 5.67. The molecule has 0 aromatic carbocycles. The van der Waals surface area contributed by atoms with Gasteiger partial charge in [0.25, 0.3) is 0 Å². The van der Waals surface area contributed by atoms with Gasteiger partial charge in [0.05, 0.1) is 18.7 Å². The van der Waals surface area contributed by atoms with Crippen molar-refractivity contribution in [1.29, 1.82) is 0 Å². The van der Waals surface area contributed by atoms with Crippen LogP contribution in [0.15, 0.2) is 30.7 Å². The summed E-state index contributed by atoms with van der Waals surface area (Å²) >= 11 is 0. The van der Waals surface area contributed by atoms with Crippen molar-refractivity contribution in [3.63, 3.8) is 0 Å². The molecule has 0 bridgehead atoms. The summed E-state index contributed by atoms with van der Waals surface area (Å²) < 4.78 is 20.9. The number of anilines is 1. The first-order valence-electron chi connectivity index (χ1n) is 9.96. The molecule has 3 N–H and O–H groups in total. The van der Waals surface area contributed by atoms with Crippen LogP contribution >= 0.6 is 0 Å². The number of fused-ring (bicyclic) bond motifs is 2. The quantitative estimate of drug-likeness (QED) is 0.455. The Kier molecular flexibility index (Phi) is 4.31. The van der Waals surface area contributed by atoms with Crippen LogP contribution in [0.25, 0.3) is 27.8 Å². The SMILES string of the molecule is COc1nc(NC2CC(C)(NC(C)=O)C2)nc2[nH]cc(-c3ccc4ncc(F)n4c3)c12. The number of hydrogen-bond acceptors (Lipinski definition) is 6. The van der Waals surface area contributed by atoms with Crippen molar-refractivity contribution in [2.45, 2.75) is 38.3 Å². The van der Waals surface area contributed by atoms with Gasteiger partial charge in [-0.05, 0) is 31.9 Å². The minimum absolute atomic E-state index is 0.0343. The molecule has 0 unspecified atom stereocenters. The van der Waals surface area contributed by atoms with Gasteiger partial charge in [0.2, 0.25) is 23.7 Å². The molecule has 0 radical (unpaired) electrons. The highest BCUT2D eigenvalue weighted by Gasteiger charge is 2.41. The number of methoxy groups -OCH3 is 1. The summed E-state index contributed by atoms with van der Waals surface area (Å²) in [7, 11) is 1.55. The number of carbonyl (C=O) groups excluding carboxylic acids is 1. The van der Waals surface area contributed by atoms with E-state index in [1.807, 2.05) is 13.0 Å². The Morgan fingerprint density at radius 1 is 1.35 bits per heavy atom. The highest BCUT2D eigenvalue weighted by molar-refractivity contribution is 5.97. The Hall–Kier alpha value is -3.69. The van der Waals surface area contributed by atoms with Gasteiger partial charge in [0.15, 0.2) is 0 Å². The van der Waals surface area contributed by atoms with Crippen LogP contribution in [0.3, 0.4) is 0 Å². The van der Waals surface area contributed by atoms with Crippen LogP contribution < -0.4 is 15.4 Å². The van der Waals surface area contributed by atoms with Crippen LogP contribution in [-0.4, -0.2) is 48.9 Å². The van der Waals surface area contributed by atoms with Gasteiger partial charge in [-0.25, -0.2) is 4.98 Å². The summed E-state index contributed by atoms with van der Waals surface area (Å²) in [6.07, 6.45) is 6.24. The molecule has 0 saturated heterocycles. The van der Waals surface area contributed by atoms with Crippen molar-refractivity contribution in [2.75, 3.05) is 12.4 Å². The Labute approximate surface area is 177 Å². The monoisotopic (exact) mass is 423 g/mol. The number of carbonyl (C=O) groups is 1. The van der Waals surface area contributed by atoms with Gasteiger partial charge in [0.1, 0.15) is 11.3 Å². The van der Waals surface area contributed by atoms with Crippen molar-refractivity contribution in [3.05, 3.63) is 36.7 Å². The molecular weight excluding hydrogens is 401 g/mol. The molecule has 1 aliphatic rings. The fourth-order valence-corrected chi connectivity index (χ4v) is 4.39. The first-order valence-corrected chi connectivity index (χ1v) is 9.96. The number of hydrogen-bond donors (Lipinski definition) is 3. The predicted octanol–water partition coefficient (Wildman–Crippen LogP) is 2.89. The van der Waals surface area contributed by atoms with Crippen molar-refractivity contribution in [1.82, 2.24) is 29.7 Å². The molecule has 160 valence electrons. The van der Waals surface area contributed by atoms with Gasteiger partial charge in [0, 0.05) is 42.0 Å². The minimum atomic E-state index is -0.432. The summed E-state index contributed by atoms with van der Waals surface area (Å²) in [5.74, 6) is 0.397. The number of amides is 1. The van der Waals surface area contributed by atoms with E-state index in [4.69, 9.17) is 4.74 Å². The maximum absolute atomic E-state index is 14.0. The number of nitrogens with one attached hydrogen (secondary N) is 3. The molecule has 0 spiro atoms. The average Bonchev–Trinajstić information content (AvgIpc) is 3.29. The van der Waals surface area contributed by atoms with Crippen LogP contribution in [0.4, 0.5) is 10.3 Å². The van der Waals surface area contributed by atoms with Crippen LogP contribution in [0, 0.1) is 5.95 Å². The molecule has 4 aromatic heterocycles. The number of imidazole rings is 1. The summed E-state index contributed by atoms with van der Waals surface area (Å²) in [6, 6.07) is 3.77. The lowest BCUT2D eigenvalue weighted by Gasteiger charge is -2.45. The van der Waals surface area contributed by atoms with E-state index in [0.29, 0.717) is 28.5 Å². The lowest BCUT2D eigenvalue weighted by molar-refractivity contribution is -0.121. The summed E-state index contributed by atoms with van der Waals surface area (Å²) in [6.45, 7) is 3.55. The van der Waals surface area contributed by atoms with E-state index in [-0.39, 0.29) is 17.5 Å². The average molecular weight is 423 g/mol. The molecule has 1 fully saturated rings. The lowest BCUT2D eigenvalue weighted by Crippen LogP contribution is -2.59. The Morgan fingerprint density at radius 2 is 2.16 bits per heavy atom. The third kappa shape index (κ3) is 3.33. The molecule has 9 nitrogen and oxygen atoms in total. The first kappa shape index (κ1) is 19.3. The number of halogens is 1. The van der Waals surface area contributed by atoms with Crippen molar-refractivity contribution >= 4 is 28.5 Å². The number of H-pyrrole nitrogens is 1. The number of nitrogens with zero attached hydrogens (tertiary/aromatic N) is 4. The molecule has 0 atom stereocenters. The topological polar surface area (TPSA) is 109 Å². The van der Waals surface area contributed by atoms with Gasteiger partial charge >= 0.3 is 0 Å². The Morgan fingerprint density at radius 3 is 2.90 bits per heavy atom. The van der Waals surface area contributed by atoms with E-state index in [0.717, 1.165) is 24.0 Å². The molecule has 4 aromatic rings. The van der Waals surface area contributed by atoms with Crippen molar-refractivity contribution < 1.29 is 13.9 Å². The van der Waals surface area contributed by atoms with E-state index in [2.05, 4.69) is 30.6 Å². The van der Waals surface area contributed by atoms with Crippen LogP contribution in [0.5, 0.6) is 5.88 Å². The van der Waals surface area contributed by atoms with Crippen LogP contribution in [-0.2, 0) is 4.79 Å². The van der Waals surface area contributed by atoms with Gasteiger partial charge in [-0.3, -0.25) is 9.20 Å². The van der Waals surface area contributed by atoms with E-state index < -0.39 is 5.95 Å². The first-order chi connectivity index (χ1) is 14.8. The van der Waals surface area contributed by atoms with Gasteiger partial charge < -0.3 is 20.4 Å². The fraction of sp³-hybridized carbons (Fsp3) is 0.333. The zero-order valence-electron chi connectivity index (χ0n) is 17.4. The number of rotatable bonds is 5. The maximum Gasteiger partial charge on any atom is 0.228 e. The van der Waals surface area contributed by atoms with Crippen LogP contribution in [0.2, 0.25) is 0 Å². The number of aromatic nitrogens is 5. The predicted molar refractivity (Wildman–Crippen MR) is 113 cm³/mol. The summed E-state index contributed by atoms with van der Waals surface area (Å²) in [4.78, 5) is 27.6. The lowest BCUT2D eigenvalue weighted by atomic mass is 9.74. The molecule has 5 rings (SSSR count). The minimum Gasteiger partial charge on any atom is -0.480 e. The Bertz CT molecular complexity index is 1310. The second kappa shape index (κ2) is 6.93.